The number of halogens is 1. The molecule has 1 aromatic carbocycles. The van der Waals surface area contributed by atoms with Crippen molar-refractivity contribution in [1.29, 1.82) is 0 Å². The minimum atomic E-state index is -0.177. The molecule has 1 aromatic rings. The molecule has 2 aliphatic rings. The number of hydrogen-bond donors (Lipinski definition) is 0. The van der Waals surface area contributed by atoms with E-state index in [1.165, 1.54) is 12.5 Å². The van der Waals surface area contributed by atoms with Gasteiger partial charge in [0.15, 0.2) is 0 Å². The highest BCUT2D eigenvalue weighted by Crippen LogP contribution is 2.37. The second-order valence-electron chi connectivity index (χ2n) is 6.27. The Bertz CT molecular complexity index is 506. The monoisotopic (exact) mass is 322 g/mol. The van der Waals surface area contributed by atoms with Gasteiger partial charge in [-0.15, -0.1) is 0 Å². The topological polar surface area (TPSA) is 24.9 Å². The first kappa shape index (κ1) is 16.7. The number of rotatable bonds is 6. The first-order valence-corrected chi connectivity index (χ1v) is 8.74. The van der Waals surface area contributed by atoms with E-state index >= 15 is 0 Å². The van der Waals surface area contributed by atoms with Gasteiger partial charge in [0, 0.05) is 31.2 Å². The number of ether oxygens (including phenoxy) is 2. The number of nitrogens with zero attached hydrogens (tertiary/aromatic N) is 2. The Balaban J connectivity index is 1.64. The molecular weight excluding hydrogens is 295 g/mol. The lowest BCUT2D eigenvalue weighted by Crippen LogP contribution is -2.38. The van der Waals surface area contributed by atoms with Crippen molar-refractivity contribution < 1.29 is 13.9 Å². The molecule has 1 unspecified atom stereocenters. The van der Waals surface area contributed by atoms with Crippen molar-refractivity contribution in [3.8, 4) is 5.75 Å². The van der Waals surface area contributed by atoms with Crippen molar-refractivity contribution in [2.75, 3.05) is 52.5 Å². The molecule has 1 atom stereocenters. The normalized spacial score (nSPS) is 23.3. The van der Waals surface area contributed by atoms with Crippen LogP contribution < -0.4 is 4.74 Å². The van der Waals surface area contributed by atoms with E-state index in [2.05, 4.69) is 16.7 Å². The fourth-order valence-electron chi connectivity index (χ4n) is 3.58. The predicted octanol–water partition coefficient (Wildman–Crippen LogP) is 2.69. The average Bonchev–Trinajstić information content (AvgIpc) is 3.05. The Morgan fingerprint density at radius 2 is 2.09 bits per heavy atom. The minimum absolute atomic E-state index is 0.177. The van der Waals surface area contributed by atoms with Crippen molar-refractivity contribution in [1.82, 2.24) is 9.80 Å². The van der Waals surface area contributed by atoms with Gasteiger partial charge in [0.05, 0.1) is 13.2 Å². The fourth-order valence-corrected chi connectivity index (χ4v) is 3.58. The molecule has 0 aromatic heterocycles. The summed E-state index contributed by atoms with van der Waals surface area (Å²) in [6.07, 6.45) is 2.25. The quantitative estimate of drug-likeness (QED) is 0.804. The van der Waals surface area contributed by atoms with Crippen molar-refractivity contribution in [2.24, 2.45) is 0 Å². The Labute approximate surface area is 138 Å². The highest BCUT2D eigenvalue weighted by molar-refractivity contribution is 5.37. The molecule has 0 N–H and O–H groups in total. The summed E-state index contributed by atoms with van der Waals surface area (Å²) in [5.41, 5.74) is 1.01. The van der Waals surface area contributed by atoms with Crippen molar-refractivity contribution in [3.05, 3.63) is 29.6 Å². The maximum Gasteiger partial charge on any atom is 0.124 e. The van der Waals surface area contributed by atoms with Crippen LogP contribution in [0.2, 0.25) is 0 Å². The fraction of sp³-hybridized carbons (Fsp3) is 0.667. The predicted molar refractivity (Wildman–Crippen MR) is 88.4 cm³/mol. The van der Waals surface area contributed by atoms with Crippen molar-refractivity contribution >= 4 is 0 Å². The smallest absolute Gasteiger partial charge is 0.124 e. The maximum atomic E-state index is 13.7. The van der Waals surface area contributed by atoms with Gasteiger partial charge in [-0.3, -0.25) is 9.80 Å². The summed E-state index contributed by atoms with van der Waals surface area (Å²) >= 11 is 0. The zero-order chi connectivity index (χ0) is 16.1. The molecule has 128 valence electrons. The van der Waals surface area contributed by atoms with Gasteiger partial charge >= 0.3 is 0 Å². The van der Waals surface area contributed by atoms with Gasteiger partial charge in [0.25, 0.3) is 0 Å². The third kappa shape index (κ3) is 4.22. The number of benzene rings is 1. The summed E-state index contributed by atoms with van der Waals surface area (Å²) in [6, 6.07) is 5.23. The summed E-state index contributed by atoms with van der Waals surface area (Å²) in [6.45, 7) is 9.30. The van der Waals surface area contributed by atoms with Gasteiger partial charge in [-0.1, -0.05) is 6.92 Å². The van der Waals surface area contributed by atoms with Crippen LogP contribution >= 0.6 is 0 Å². The SMILES string of the molecule is CCN1CCCC1c1cc(F)ccc1OCCN1CCOCC1. The molecule has 3 rings (SSSR count). The zero-order valence-corrected chi connectivity index (χ0v) is 14.0. The molecule has 0 aliphatic carbocycles. The van der Waals surface area contributed by atoms with E-state index in [1.807, 2.05) is 0 Å². The molecule has 5 heteroatoms. The summed E-state index contributed by atoms with van der Waals surface area (Å²) in [5, 5.41) is 0. The Kier molecular flexibility index (Phi) is 5.86. The lowest BCUT2D eigenvalue weighted by Gasteiger charge is -2.27. The van der Waals surface area contributed by atoms with E-state index < -0.39 is 0 Å². The van der Waals surface area contributed by atoms with Crippen LogP contribution in [-0.4, -0.2) is 62.3 Å². The van der Waals surface area contributed by atoms with Gasteiger partial charge in [-0.05, 0) is 44.1 Å². The van der Waals surface area contributed by atoms with Crippen LogP contribution in [0.15, 0.2) is 18.2 Å². The zero-order valence-electron chi connectivity index (χ0n) is 14.0. The molecule has 2 saturated heterocycles. The highest BCUT2D eigenvalue weighted by Gasteiger charge is 2.27. The summed E-state index contributed by atoms with van der Waals surface area (Å²) < 4.78 is 25.1. The second kappa shape index (κ2) is 8.08. The molecule has 2 fully saturated rings. The Morgan fingerprint density at radius 1 is 1.26 bits per heavy atom. The van der Waals surface area contributed by atoms with E-state index in [9.17, 15) is 4.39 Å². The van der Waals surface area contributed by atoms with Crippen LogP contribution in [-0.2, 0) is 4.74 Å². The van der Waals surface area contributed by atoms with Crippen LogP contribution in [0.3, 0.4) is 0 Å². The van der Waals surface area contributed by atoms with Gasteiger partial charge in [0.2, 0.25) is 0 Å². The third-order valence-corrected chi connectivity index (χ3v) is 4.87. The molecule has 2 heterocycles. The number of morpholine rings is 1. The van der Waals surface area contributed by atoms with Gasteiger partial charge in [0.1, 0.15) is 18.2 Å². The van der Waals surface area contributed by atoms with E-state index in [1.54, 1.807) is 12.1 Å². The van der Waals surface area contributed by atoms with Crippen molar-refractivity contribution in [3.63, 3.8) is 0 Å². The molecular formula is C18H27FN2O2. The van der Waals surface area contributed by atoms with Crippen LogP contribution in [0, 0.1) is 5.82 Å². The third-order valence-electron chi connectivity index (χ3n) is 4.87. The molecule has 0 amide bonds. The maximum absolute atomic E-state index is 13.7. The molecule has 2 aliphatic heterocycles. The largest absolute Gasteiger partial charge is 0.492 e. The lowest BCUT2D eigenvalue weighted by molar-refractivity contribution is 0.0321. The van der Waals surface area contributed by atoms with Crippen LogP contribution in [0.4, 0.5) is 4.39 Å². The molecule has 23 heavy (non-hydrogen) atoms. The molecule has 0 bridgehead atoms. The average molecular weight is 322 g/mol. The Hall–Kier alpha value is -1.17. The van der Waals surface area contributed by atoms with Gasteiger partial charge in [-0.2, -0.15) is 0 Å². The van der Waals surface area contributed by atoms with Crippen molar-refractivity contribution in [2.45, 2.75) is 25.8 Å². The van der Waals surface area contributed by atoms with E-state index in [4.69, 9.17) is 9.47 Å². The first-order valence-electron chi connectivity index (χ1n) is 8.74. The molecule has 0 saturated carbocycles. The molecule has 4 nitrogen and oxygen atoms in total. The summed E-state index contributed by atoms with van der Waals surface area (Å²) in [4.78, 5) is 4.75. The molecule has 0 radical (unpaired) electrons. The van der Waals surface area contributed by atoms with E-state index in [0.29, 0.717) is 6.61 Å². The molecule has 0 spiro atoms. The minimum Gasteiger partial charge on any atom is -0.492 e. The Morgan fingerprint density at radius 3 is 2.87 bits per heavy atom. The van der Waals surface area contributed by atoms with Crippen LogP contribution in [0.25, 0.3) is 0 Å². The number of hydrogen-bond acceptors (Lipinski definition) is 4. The van der Waals surface area contributed by atoms with Gasteiger partial charge < -0.3 is 9.47 Å². The highest BCUT2D eigenvalue weighted by atomic mass is 19.1. The van der Waals surface area contributed by atoms with Crippen LogP contribution in [0.1, 0.15) is 31.4 Å². The number of likely N-dealkylation sites (tertiary alicyclic amines) is 1. The van der Waals surface area contributed by atoms with E-state index in [-0.39, 0.29) is 11.9 Å². The van der Waals surface area contributed by atoms with Gasteiger partial charge in [-0.25, -0.2) is 4.39 Å². The standard InChI is InChI=1S/C18H27FN2O2/c1-2-21-7-3-4-17(21)16-14-15(19)5-6-18(16)23-13-10-20-8-11-22-12-9-20/h5-6,14,17H,2-4,7-13H2,1H3. The lowest BCUT2D eigenvalue weighted by atomic mass is 10.0. The summed E-state index contributed by atoms with van der Waals surface area (Å²) in [7, 11) is 0. The van der Waals surface area contributed by atoms with E-state index in [0.717, 1.165) is 63.7 Å². The summed E-state index contributed by atoms with van der Waals surface area (Å²) in [5.74, 6) is 0.661. The second-order valence-corrected chi connectivity index (χ2v) is 6.27. The first-order chi connectivity index (χ1) is 11.3. The van der Waals surface area contributed by atoms with Crippen LogP contribution in [0.5, 0.6) is 5.75 Å².